The van der Waals surface area contributed by atoms with Gasteiger partial charge in [0.25, 0.3) is 0 Å². The Morgan fingerprint density at radius 3 is 2.55 bits per heavy atom. The molecule has 5 heteroatoms. The Hall–Kier alpha value is -0.710. The second-order valence-corrected chi connectivity index (χ2v) is 7.46. The molecule has 0 aromatic rings. The van der Waals surface area contributed by atoms with E-state index in [-0.39, 0.29) is 29.9 Å². The third-order valence-electron chi connectivity index (χ3n) is 5.02. The van der Waals surface area contributed by atoms with Crippen molar-refractivity contribution in [2.45, 2.75) is 68.8 Å². The van der Waals surface area contributed by atoms with E-state index in [1.165, 1.54) is 6.42 Å². The fourth-order valence-electron chi connectivity index (χ4n) is 3.70. The van der Waals surface area contributed by atoms with E-state index < -0.39 is 0 Å². The van der Waals surface area contributed by atoms with Gasteiger partial charge in [0.2, 0.25) is 11.8 Å². The molecule has 0 radical (unpaired) electrons. The summed E-state index contributed by atoms with van der Waals surface area (Å²) in [4.78, 5) is 27.1. The smallest absolute Gasteiger partial charge is 0.246 e. The Kier molecular flexibility index (Phi) is 3.98. The lowest BCUT2D eigenvalue weighted by atomic mass is 9.99. The summed E-state index contributed by atoms with van der Waals surface area (Å²) in [5.41, 5.74) is 0. The largest absolute Gasteiger partial charge is 0.342 e. The molecule has 0 spiro atoms. The molecule has 112 valence electrons. The van der Waals surface area contributed by atoms with Gasteiger partial charge in [-0.1, -0.05) is 6.92 Å². The van der Waals surface area contributed by atoms with Crippen molar-refractivity contribution in [3.8, 4) is 0 Å². The molecule has 4 nitrogen and oxygen atoms in total. The van der Waals surface area contributed by atoms with Crippen molar-refractivity contribution in [3.05, 3.63) is 0 Å². The molecule has 2 aliphatic carbocycles. The predicted molar refractivity (Wildman–Crippen MR) is 80.5 cm³/mol. The Morgan fingerprint density at radius 1 is 1.25 bits per heavy atom. The fraction of sp³-hybridized carbons (Fsp3) is 0.867. The molecule has 1 heterocycles. The minimum absolute atomic E-state index is 0.0663. The number of carbonyl (C=O) groups is 2. The maximum Gasteiger partial charge on any atom is 0.246 e. The van der Waals surface area contributed by atoms with Crippen molar-refractivity contribution < 1.29 is 9.59 Å². The monoisotopic (exact) mass is 296 g/mol. The first-order valence-electron chi connectivity index (χ1n) is 7.81. The highest BCUT2D eigenvalue weighted by atomic mass is 32.2. The van der Waals surface area contributed by atoms with Crippen LogP contribution in [0.3, 0.4) is 0 Å². The van der Waals surface area contributed by atoms with E-state index in [9.17, 15) is 9.59 Å². The zero-order valence-corrected chi connectivity index (χ0v) is 13.1. The molecule has 1 aliphatic heterocycles. The molecule has 0 aromatic heterocycles. The number of rotatable bonds is 4. The summed E-state index contributed by atoms with van der Waals surface area (Å²) in [6.07, 6.45) is 8.30. The third-order valence-corrected chi connectivity index (χ3v) is 6.12. The van der Waals surface area contributed by atoms with Gasteiger partial charge in [0.15, 0.2) is 0 Å². The molecule has 2 saturated carbocycles. The quantitative estimate of drug-likeness (QED) is 0.860. The van der Waals surface area contributed by atoms with Crippen LogP contribution in [-0.4, -0.2) is 46.3 Å². The lowest BCUT2D eigenvalue weighted by Crippen LogP contribution is -2.65. The van der Waals surface area contributed by atoms with Crippen LogP contribution in [0.25, 0.3) is 0 Å². The number of amides is 2. The van der Waals surface area contributed by atoms with Crippen LogP contribution in [-0.2, 0) is 9.59 Å². The predicted octanol–water partition coefficient (Wildman–Crippen LogP) is 1.79. The summed E-state index contributed by atoms with van der Waals surface area (Å²) in [6, 6.07) is -0.209. The zero-order chi connectivity index (χ0) is 14.3. The van der Waals surface area contributed by atoms with Crippen molar-refractivity contribution in [2.75, 3.05) is 6.26 Å². The molecule has 4 unspecified atom stereocenters. The van der Waals surface area contributed by atoms with Gasteiger partial charge < -0.3 is 10.2 Å². The molecule has 1 N–H and O–H groups in total. The molecule has 1 saturated heterocycles. The van der Waals surface area contributed by atoms with E-state index >= 15 is 0 Å². The van der Waals surface area contributed by atoms with E-state index in [1.54, 1.807) is 0 Å². The number of hydrogen-bond acceptors (Lipinski definition) is 3. The number of nitrogens with one attached hydrogen (secondary N) is 1. The second kappa shape index (κ2) is 5.58. The Labute approximate surface area is 125 Å². The van der Waals surface area contributed by atoms with E-state index in [2.05, 4.69) is 11.6 Å². The first-order valence-corrected chi connectivity index (χ1v) is 9.09. The summed E-state index contributed by atoms with van der Waals surface area (Å²) in [7, 11) is 0. The van der Waals surface area contributed by atoms with Crippen molar-refractivity contribution >= 4 is 23.6 Å². The van der Waals surface area contributed by atoms with Gasteiger partial charge in [0, 0.05) is 11.3 Å². The highest BCUT2D eigenvalue weighted by Gasteiger charge is 2.49. The molecular formula is C15H24N2O2S. The lowest BCUT2D eigenvalue weighted by molar-refractivity contribution is -0.152. The van der Waals surface area contributed by atoms with Crippen LogP contribution in [0.1, 0.15) is 45.4 Å². The number of piperazine rings is 1. The summed E-state index contributed by atoms with van der Waals surface area (Å²) in [5, 5.41) is 3.62. The molecule has 4 atom stereocenters. The summed E-state index contributed by atoms with van der Waals surface area (Å²) in [5.74, 6) is 0.645. The fourth-order valence-corrected chi connectivity index (χ4v) is 4.49. The van der Waals surface area contributed by atoms with E-state index in [1.807, 2.05) is 23.6 Å². The van der Waals surface area contributed by atoms with Crippen LogP contribution in [0.2, 0.25) is 0 Å². The van der Waals surface area contributed by atoms with Crippen LogP contribution in [0.15, 0.2) is 0 Å². The van der Waals surface area contributed by atoms with E-state index in [0.29, 0.717) is 11.2 Å². The lowest BCUT2D eigenvalue weighted by Gasteiger charge is -2.42. The topological polar surface area (TPSA) is 49.4 Å². The van der Waals surface area contributed by atoms with Gasteiger partial charge in [0.1, 0.15) is 12.1 Å². The first-order chi connectivity index (χ1) is 9.65. The Bertz CT molecular complexity index is 411. The van der Waals surface area contributed by atoms with Gasteiger partial charge in [-0.2, -0.15) is 11.8 Å². The molecule has 3 fully saturated rings. The molecule has 0 bridgehead atoms. The highest BCUT2D eigenvalue weighted by Crippen LogP contribution is 2.38. The highest BCUT2D eigenvalue weighted by molar-refractivity contribution is 7.99. The van der Waals surface area contributed by atoms with Crippen molar-refractivity contribution in [2.24, 2.45) is 5.92 Å². The van der Waals surface area contributed by atoms with Crippen LogP contribution in [0.5, 0.6) is 0 Å². The number of hydrogen-bond donors (Lipinski definition) is 1. The van der Waals surface area contributed by atoms with Crippen molar-refractivity contribution in [1.29, 1.82) is 0 Å². The molecule has 3 rings (SSSR count). The minimum Gasteiger partial charge on any atom is -0.342 e. The number of thioether (sulfide) groups is 1. The minimum atomic E-state index is -0.247. The number of nitrogens with zero attached hydrogens (tertiary/aromatic N) is 1. The van der Waals surface area contributed by atoms with Crippen LogP contribution in [0.4, 0.5) is 0 Å². The first kappa shape index (κ1) is 14.2. The summed E-state index contributed by atoms with van der Waals surface area (Å²) >= 11 is 1.89. The zero-order valence-electron chi connectivity index (χ0n) is 12.3. The van der Waals surface area contributed by atoms with Crippen molar-refractivity contribution in [1.82, 2.24) is 10.2 Å². The van der Waals surface area contributed by atoms with Gasteiger partial charge in [-0.15, -0.1) is 0 Å². The van der Waals surface area contributed by atoms with Crippen molar-refractivity contribution in [3.63, 3.8) is 0 Å². The number of carbonyl (C=O) groups excluding carboxylic acids is 2. The Morgan fingerprint density at radius 2 is 2.00 bits per heavy atom. The van der Waals surface area contributed by atoms with E-state index in [4.69, 9.17) is 0 Å². The molecule has 2 amide bonds. The summed E-state index contributed by atoms with van der Waals surface area (Å²) in [6.45, 7) is 2.00. The average molecular weight is 296 g/mol. The van der Waals surface area contributed by atoms with Gasteiger partial charge in [-0.3, -0.25) is 9.59 Å². The van der Waals surface area contributed by atoms with Gasteiger partial charge >= 0.3 is 0 Å². The average Bonchev–Trinajstić information content (AvgIpc) is 3.18. The van der Waals surface area contributed by atoms with Gasteiger partial charge in [-0.05, 0) is 50.7 Å². The Balaban J connectivity index is 1.79. The maximum atomic E-state index is 12.8. The van der Waals surface area contributed by atoms with Gasteiger partial charge in [0.05, 0.1) is 0 Å². The van der Waals surface area contributed by atoms with Crippen LogP contribution >= 0.6 is 11.8 Å². The van der Waals surface area contributed by atoms with Crippen LogP contribution < -0.4 is 5.32 Å². The van der Waals surface area contributed by atoms with Crippen LogP contribution in [0, 0.1) is 5.92 Å². The molecule has 3 aliphatic rings. The second-order valence-electron chi connectivity index (χ2n) is 6.32. The molecule has 0 aromatic carbocycles. The standard InChI is InChI=1S/C15H24N2O2S/c1-3-12-14(18)16-13(9-4-5-9)15(19)17(12)10-6-7-11(8-10)20-2/h9-13H,3-8H2,1-2H3,(H,16,18). The van der Waals surface area contributed by atoms with E-state index in [0.717, 1.165) is 32.1 Å². The third kappa shape index (κ3) is 2.45. The summed E-state index contributed by atoms with van der Waals surface area (Å²) < 4.78 is 0. The molecular weight excluding hydrogens is 272 g/mol. The SMILES string of the molecule is CCC1C(=O)NC(C2CC2)C(=O)N1C1CCC(SC)C1. The molecule has 20 heavy (non-hydrogen) atoms. The normalized spacial score (nSPS) is 38.2. The maximum absolute atomic E-state index is 12.8. The van der Waals surface area contributed by atoms with Gasteiger partial charge in [-0.25, -0.2) is 0 Å².